The maximum atomic E-state index is 10.2. The van der Waals surface area contributed by atoms with Gasteiger partial charge in [0.1, 0.15) is 18.2 Å². The molecular formula is C7H18N4O13. The number of nitroso groups, excluding NO2 is 1. The molecule has 0 aromatic heterocycles. The zero-order chi connectivity index (χ0) is 20.3. The minimum Gasteiger partial charge on any atom is -0.394 e. The van der Waals surface area contributed by atoms with Crippen LogP contribution in [0.4, 0.5) is 0 Å². The molecule has 0 saturated carbocycles. The molecule has 0 fully saturated rings. The largest absolute Gasteiger partial charge is 0.394 e. The highest BCUT2D eigenvalue weighted by Gasteiger charge is 2.25. The van der Waals surface area contributed by atoms with Gasteiger partial charge in [0.05, 0.1) is 6.61 Å². The van der Waals surface area contributed by atoms with Crippen LogP contribution in [0.1, 0.15) is 19.8 Å². The summed E-state index contributed by atoms with van der Waals surface area (Å²) < 4.78 is 0. The van der Waals surface area contributed by atoms with Crippen molar-refractivity contribution in [1.82, 2.24) is 0 Å². The second kappa shape index (κ2) is 20.1. The summed E-state index contributed by atoms with van der Waals surface area (Å²) in [5.41, 5.74) is 0. The van der Waals surface area contributed by atoms with Gasteiger partial charge < -0.3 is 30.9 Å². The lowest BCUT2D eigenvalue weighted by Gasteiger charge is -2.19. The highest BCUT2D eigenvalue weighted by molar-refractivity contribution is 4.80. The monoisotopic (exact) mass is 366 g/mol. The van der Waals surface area contributed by atoms with Gasteiger partial charge in [-0.1, -0.05) is 18.5 Å². The molecule has 0 heterocycles. The van der Waals surface area contributed by atoms with Gasteiger partial charge in [-0.25, -0.2) is 0 Å². The summed E-state index contributed by atoms with van der Waals surface area (Å²) in [4.78, 5) is 35.2. The SMILES string of the molecule is CCCC(N=O)C(O)C(O)CO.O=[N+]([O-])O.O=[N+]([O-])O.O=[N+]([O-])O. The van der Waals surface area contributed by atoms with E-state index in [4.69, 9.17) is 56.2 Å². The first-order valence-electron chi connectivity index (χ1n) is 5.66. The first kappa shape index (κ1) is 29.1. The molecule has 17 nitrogen and oxygen atoms in total. The third-order valence-corrected chi connectivity index (χ3v) is 1.70. The quantitative estimate of drug-likeness (QED) is 0.179. The van der Waals surface area contributed by atoms with Crippen molar-refractivity contribution in [3.8, 4) is 0 Å². The molecule has 0 bridgehead atoms. The zero-order valence-electron chi connectivity index (χ0n) is 12.2. The van der Waals surface area contributed by atoms with E-state index in [2.05, 4.69) is 5.18 Å². The van der Waals surface area contributed by atoms with Gasteiger partial charge in [-0.3, -0.25) is 0 Å². The van der Waals surface area contributed by atoms with Gasteiger partial charge in [0.25, 0.3) is 15.3 Å². The Morgan fingerprint density at radius 1 is 0.958 bits per heavy atom. The number of hydrogen-bond donors (Lipinski definition) is 6. The Balaban J connectivity index is -0.000000137. The number of hydrogen-bond acceptors (Lipinski definition) is 11. The van der Waals surface area contributed by atoms with Crippen LogP contribution in [0.15, 0.2) is 5.18 Å². The van der Waals surface area contributed by atoms with E-state index in [1.807, 2.05) is 6.92 Å². The van der Waals surface area contributed by atoms with Gasteiger partial charge in [-0.2, -0.15) is 4.91 Å². The molecule has 24 heavy (non-hydrogen) atoms. The molecule has 3 atom stereocenters. The van der Waals surface area contributed by atoms with Crippen LogP contribution in [0.2, 0.25) is 0 Å². The second-order valence-corrected chi connectivity index (χ2v) is 3.42. The molecule has 6 N–H and O–H groups in total. The Kier molecular flexibility index (Phi) is 24.4. The van der Waals surface area contributed by atoms with Gasteiger partial charge >= 0.3 is 0 Å². The van der Waals surface area contributed by atoms with E-state index < -0.39 is 40.1 Å². The molecule has 0 spiro atoms. The van der Waals surface area contributed by atoms with E-state index in [1.165, 1.54) is 0 Å². The normalized spacial score (nSPS) is 12.2. The molecule has 0 amide bonds. The predicted molar refractivity (Wildman–Crippen MR) is 69.9 cm³/mol. The molecule has 17 heteroatoms. The molecule has 0 aliphatic heterocycles. The van der Waals surface area contributed by atoms with Crippen LogP contribution < -0.4 is 0 Å². The van der Waals surface area contributed by atoms with Crippen LogP contribution >= 0.6 is 0 Å². The maximum Gasteiger partial charge on any atom is 0.291 e. The molecule has 0 aliphatic carbocycles. The summed E-state index contributed by atoms with van der Waals surface area (Å²) in [6.45, 7) is 1.28. The molecule has 0 aliphatic rings. The third-order valence-electron chi connectivity index (χ3n) is 1.70. The van der Waals surface area contributed by atoms with Gasteiger partial charge in [0, 0.05) is 0 Å². The van der Waals surface area contributed by atoms with Crippen LogP contribution in [0.25, 0.3) is 0 Å². The fraction of sp³-hybridized carbons (Fsp3) is 1.00. The number of aliphatic hydroxyl groups excluding tert-OH is 3. The van der Waals surface area contributed by atoms with Crippen molar-refractivity contribution in [3.05, 3.63) is 35.3 Å². The number of aliphatic hydroxyl groups is 3. The fourth-order valence-corrected chi connectivity index (χ4v) is 0.946. The van der Waals surface area contributed by atoms with Crippen molar-refractivity contribution in [2.75, 3.05) is 6.61 Å². The van der Waals surface area contributed by atoms with E-state index in [1.54, 1.807) is 0 Å². The Bertz CT molecular complexity index is 313. The topological polar surface area (TPSA) is 280 Å². The Labute approximate surface area is 132 Å². The van der Waals surface area contributed by atoms with Gasteiger partial charge in [-0.15, -0.1) is 30.3 Å². The molecular weight excluding hydrogens is 348 g/mol. The van der Waals surface area contributed by atoms with Crippen molar-refractivity contribution >= 4 is 0 Å². The number of nitrogens with zero attached hydrogens (tertiary/aromatic N) is 4. The molecule has 144 valence electrons. The van der Waals surface area contributed by atoms with Crippen LogP contribution in [0.5, 0.6) is 0 Å². The van der Waals surface area contributed by atoms with E-state index in [0.717, 1.165) is 0 Å². The van der Waals surface area contributed by atoms with Crippen molar-refractivity contribution in [2.24, 2.45) is 5.18 Å². The van der Waals surface area contributed by atoms with E-state index in [0.29, 0.717) is 12.8 Å². The summed E-state index contributed by atoms with van der Waals surface area (Å²) in [5.74, 6) is 0. The standard InChI is InChI=1S/C7H15NO4.3HNO3/c1-2-3-5(8-12)7(11)6(10)4-9;3*2-1(3)4/h5-7,9-11H,2-4H2,1H3;3*(H,2,3,4). The molecule has 0 radical (unpaired) electrons. The van der Waals surface area contributed by atoms with Gasteiger partial charge in [0.2, 0.25) is 0 Å². The first-order valence-corrected chi connectivity index (χ1v) is 5.66. The summed E-state index contributed by atoms with van der Waals surface area (Å²) in [7, 11) is 0. The van der Waals surface area contributed by atoms with Crippen LogP contribution in [-0.4, -0.2) is 71.1 Å². The lowest BCUT2D eigenvalue weighted by atomic mass is 10.0. The Morgan fingerprint density at radius 2 is 1.25 bits per heavy atom. The van der Waals surface area contributed by atoms with Gasteiger partial charge in [0.15, 0.2) is 0 Å². The summed E-state index contributed by atoms with van der Waals surface area (Å²) in [6, 6.07) is -0.822. The van der Waals surface area contributed by atoms with E-state index in [-0.39, 0.29) is 0 Å². The zero-order valence-corrected chi connectivity index (χ0v) is 12.2. The van der Waals surface area contributed by atoms with Crippen molar-refractivity contribution in [1.29, 1.82) is 0 Å². The molecule has 0 aromatic carbocycles. The fourth-order valence-electron chi connectivity index (χ4n) is 0.946. The second-order valence-electron chi connectivity index (χ2n) is 3.42. The molecule has 0 saturated heterocycles. The number of rotatable bonds is 6. The smallest absolute Gasteiger partial charge is 0.291 e. The minimum absolute atomic E-state index is 0.418. The van der Waals surface area contributed by atoms with Gasteiger partial charge in [-0.05, 0) is 6.42 Å². The van der Waals surface area contributed by atoms with Crippen molar-refractivity contribution < 1.29 is 46.2 Å². The average Bonchev–Trinajstić information content (AvgIpc) is 2.41. The highest BCUT2D eigenvalue weighted by Crippen LogP contribution is 2.09. The lowest BCUT2D eigenvalue weighted by molar-refractivity contribution is -0.742. The summed E-state index contributed by atoms with van der Waals surface area (Å²) in [5, 5.41) is 70.2. The van der Waals surface area contributed by atoms with Crippen LogP contribution in [0.3, 0.4) is 0 Å². The first-order chi connectivity index (χ1) is 10.9. The molecule has 0 rings (SSSR count). The minimum atomic E-state index is -1.50. The van der Waals surface area contributed by atoms with Crippen LogP contribution in [-0.2, 0) is 0 Å². The highest BCUT2D eigenvalue weighted by atomic mass is 16.9. The molecule has 3 unspecified atom stereocenters. The van der Waals surface area contributed by atoms with E-state index in [9.17, 15) is 10.0 Å². The predicted octanol–water partition coefficient (Wildman–Crippen LogP) is -1.41. The summed E-state index contributed by atoms with van der Waals surface area (Å²) in [6.07, 6.45) is -1.42. The third kappa shape index (κ3) is 42.7. The summed E-state index contributed by atoms with van der Waals surface area (Å²) >= 11 is 0. The van der Waals surface area contributed by atoms with Crippen LogP contribution in [0, 0.1) is 35.3 Å². The Morgan fingerprint density at radius 3 is 1.42 bits per heavy atom. The van der Waals surface area contributed by atoms with Crippen molar-refractivity contribution in [2.45, 2.75) is 38.0 Å². The Hall–Kier alpha value is -2.92. The van der Waals surface area contributed by atoms with E-state index >= 15 is 0 Å². The van der Waals surface area contributed by atoms with Crippen molar-refractivity contribution in [3.63, 3.8) is 0 Å². The lowest BCUT2D eigenvalue weighted by Crippen LogP contribution is -2.38. The average molecular weight is 366 g/mol. The maximum absolute atomic E-state index is 10.2. The molecule has 0 aromatic rings.